The molecule has 0 radical (unpaired) electrons. The van der Waals surface area contributed by atoms with Crippen LogP contribution in [0.5, 0.6) is 0 Å². The van der Waals surface area contributed by atoms with Crippen LogP contribution in [-0.4, -0.2) is 25.5 Å². The van der Waals surface area contributed by atoms with Crippen LogP contribution in [-0.2, 0) is 4.79 Å². The molecule has 3 nitrogen and oxygen atoms in total. The molecule has 1 aliphatic heterocycles. The van der Waals surface area contributed by atoms with E-state index in [-0.39, 0.29) is 22.7 Å². The highest BCUT2D eigenvalue weighted by Gasteiger charge is 2.33. The van der Waals surface area contributed by atoms with Crippen molar-refractivity contribution in [2.24, 2.45) is 0 Å². The second kappa shape index (κ2) is 4.39. The smallest absolute Gasteiger partial charge is 0.244 e. The van der Waals surface area contributed by atoms with Gasteiger partial charge in [-0.3, -0.25) is 4.79 Å². The molecule has 2 rings (SSSR count). The van der Waals surface area contributed by atoms with Crippen LogP contribution in [0, 0.1) is 5.82 Å². The normalized spacial score (nSPS) is 20.6. The largest absolute Gasteiger partial charge is 0.309 e. The summed E-state index contributed by atoms with van der Waals surface area (Å²) in [6, 6.07) is 4.17. The first kappa shape index (κ1) is 11.4. The van der Waals surface area contributed by atoms with Gasteiger partial charge in [0.25, 0.3) is 0 Å². The summed E-state index contributed by atoms with van der Waals surface area (Å²) < 4.78 is 13.6. The zero-order chi connectivity index (χ0) is 11.7. The average molecular weight is 243 g/mol. The van der Waals surface area contributed by atoms with Crippen molar-refractivity contribution in [1.29, 1.82) is 0 Å². The SMILES string of the molecule is CNC1CCN(c2c(F)cccc2Cl)C1=O. The van der Waals surface area contributed by atoms with Crippen LogP contribution < -0.4 is 10.2 Å². The molecule has 1 atom stereocenters. The number of nitrogens with one attached hydrogen (secondary N) is 1. The highest BCUT2D eigenvalue weighted by atomic mass is 35.5. The monoisotopic (exact) mass is 242 g/mol. The maximum atomic E-state index is 13.6. The summed E-state index contributed by atoms with van der Waals surface area (Å²) in [7, 11) is 1.72. The Morgan fingerprint density at radius 1 is 1.56 bits per heavy atom. The minimum Gasteiger partial charge on any atom is -0.309 e. The van der Waals surface area contributed by atoms with Crippen molar-refractivity contribution in [2.45, 2.75) is 12.5 Å². The van der Waals surface area contributed by atoms with Crippen molar-refractivity contribution in [3.8, 4) is 0 Å². The van der Waals surface area contributed by atoms with Gasteiger partial charge in [0.2, 0.25) is 5.91 Å². The average Bonchev–Trinajstić information content (AvgIpc) is 2.60. The first-order valence-corrected chi connectivity index (χ1v) is 5.45. The molecule has 0 saturated carbocycles. The summed E-state index contributed by atoms with van der Waals surface area (Å²) in [5.41, 5.74) is 0.187. The molecule has 1 saturated heterocycles. The molecule has 5 heteroatoms. The third-order valence-electron chi connectivity index (χ3n) is 2.76. The molecule has 0 aromatic heterocycles. The molecule has 1 aromatic rings. The maximum Gasteiger partial charge on any atom is 0.244 e. The van der Waals surface area contributed by atoms with Crippen LogP contribution >= 0.6 is 11.6 Å². The Morgan fingerprint density at radius 2 is 2.31 bits per heavy atom. The van der Waals surface area contributed by atoms with Crippen LogP contribution in [0.15, 0.2) is 18.2 Å². The molecule has 1 amide bonds. The van der Waals surface area contributed by atoms with E-state index in [9.17, 15) is 9.18 Å². The Kier molecular flexibility index (Phi) is 3.12. The van der Waals surface area contributed by atoms with Crippen molar-refractivity contribution in [1.82, 2.24) is 5.32 Å². The Morgan fingerprint density at radius 3 is 2.88 bits per heavy atom. The van der Waals surface area contributed by atoms with Gasteiger partial charge in [-0.1, -0.05) is 17.7 Å². The van der Waals surface area contributed by atoms with Crippen molar-refractivity contribution in [3.63, 3.8) is 0 Å². The number of amides is 1. The summed E-state index contributed by atoms with van der Waals surface area (Å²) in [4.78, 5) is 13.3. The molecule has 0 bridgehead atoms. The summed E-state index contributed by atoms with van der Waals surface area (Å²) in [5.74, 6) is -0.591. The van der Waals surface area contributed by atoms with Gasteiger partial charge in [0.15, 0.2) is 0 Å². The Bertz CT molecular complexity index is 404. The van der Waals surface area contributed by atoms with Crippen LogP contribution in [0.4, 0.5) is 10.1 Å². The fourth-order valence-electron chi connectivity index (χ4n) is 1.92. The molecule has 1 unspecified atom stereocenters. The van der Waals surface area contributed by atoms with Gasteiger partial charge in [-0.2, -0.15) is 0 Å². The van der Waals surface area contributed by atoms with Crippen molar-refractivity contribution in [3.05, 3.63) is 29.0 Å². The number of halogens is 2. The molecule has 0 aliphatic carbocycles. The van der Waals surface area contributed by atoms with E-state index < -0.39 is 5.82 Å². The van der Waals surface area contributed by atoms with Crippen molar-refractivity contribution >= 4 is 23.2 Å². The minimum absolute atomic E-state index is 0.130. The number of nitrogens with zero attached hydrogens (tertiary/aromatic N) is 1. The Hall–Kier alpha value is -1.13. The van der Waals surface area contributed by atoms with Crippen LogP contribution in [0.25, 0.3) is 0 Å². The third kappa shape index (κ3) is 1.79. The van der Waals surface area contributed by atoms with Gasteiger partial charge < -0.3 is 10.2 Å². The van der Waals surface area contributed by atoms with Crippen LogP contribution in [0.1, 0.15) is 6.42 Å². The van der Waals surface area contributed by atoms with Crippen molar-refractivity contribution < 1.29 is 9.18 Å². The standard InChI is InChI=1S/C11H12ClFN2O/c1-14-9-5-6-15(11(9)16)10-7(12)3-2-4-8(10)13/h2-4,9,14H,5-6H2,1H3. The number of carbonyl (C=O) groups excluding carboxylic acids is 1. The minimum atomic E-state index is -0.461. The second-order valence-electron chi connectivity index (χ2n) is 3.69. The molecule has 1 heterocycles. The topological polar surface area (TPSA) is 32.3 Å². The number of benzene rings is 1. The molecule has 1 fully saturated rings. The zero-order valence-electron chi connectivity index (χ0n) is 8.84. The molecule has 1 aromatic carbocycles. The van der Waals surface area contributed by atoms with Gasteiger partial charge >= 0.3 is 0 Å². The molecule has 1 aliphatic rings. The maximum absolute atomic E-state index is 13.6. The van der Waals surface area contributed by atoms with Gasteiger partial charge in [0.1, 0.15) is 5.82 Å². The van der Waals surface area contributed by atoms with Gasteiger partial charge in [0.05, 0.1) is 16.8 Å². The number of rotatable bonds is 2. The fourth-order valence-corrected chi connectivity index (χ4v) is 2.18. The number of likely N-dealkylation sites (N-methyl/N-ethyl adjacent to an activating group) is 1. The van der Waals surface area contributed by atoms with Gasteiger partial charge in [-0.25, -0.2) is 4.39 Å². The van der Waals surface area contributed by atoms with Gasteiger partial charge in [-0.15, -0.1) is 0 Å². The molecular weight excluding hydrogens is 231 g/mol. The van der Waals surface area contributed by atoms with E-state index in [0.717, 1.165) is 0 Å². The van der Waals surface area contributed by atoms with E-state index in [1.54, 1.807) is 13.1 Å². The second-order valence-corrected chi connectivity index (χ2v) is 4.10. The molecule has 86 valence electrons. The quantitative estimate of drug-likeness (QED) is 0.858. The lowest BCUT2D eigenvalue weighted by molar-refractivity contribution is -0.118. The van der Waals surface area contributed by atoms with Gasteiger partial charge in [0, 0.05) is 6.54 Å². The molecule has 1 N–H and O–H groups in total. The number of hydrogen-bond donors (Lipinski definition) is 1. The Labute approximate surface area is 98.2 Å². The predicted octanol–water partition coefficient (Wildman–Crippen LogP) is 1.80. The summed E-state index contributed by atoms with van der Waals surface area (Å²) >= 11 is 5.91. The molecule has 16 heavy (non-hydrogen) atoms. The molecular formula is C11H12ClFN2O. The number of para-hydroxylation sites is 1. The Balaban J connectivity index is 2.36. The van der Waals surface area contributed by atoms with Gasteiger partial charge in [-0.05, 0) is 25.6 Å². The highest BCUT2D eigenvalue weighted by molar-refractivity contribution is 6.34. The first-order chi connectivity index (χ1) is 7.65. The van der Waals surface area contributed by atoms with E-state index in [1.165, 1.54) is 17.0 Å². The third-order valence-corrected chi connectivity index (χ3v) is 3.07. The van der Waals surface area contributed by atoms with Crippen molar-refractivity contribution in [2.75, 3.05) is 18.5 Å². The summed E-state index contributed by atoms with van der Waals surface area (Å²) in [6.07, 6.45) is 0.667. The predicted molar refractivity (Wildman–Crippen MR) is 61.2 cm³/mol. The lowest BCUT2D eigenvalue weighted by atomic mass is 10.2. The molecule has 0 spiro atoms. The lowest BCUT2D eigenvalue weighted by Gasteiger charge is -2.18. The number of carbonyl (C=O) groups is 1. The van der Waals surface area contributed by atoms with E-state index >= 15 is 0 Å². The van der Waals surface area contributed by atoms with E-state index in [2.05, 4.69) is 5.32 Å². The number of anilines is 1. The van der Waals surface area contributed by atoms with E-state index in [4.69, 9.17) is 11.6 Å². The zero-order valence-corrected chi connectivity index (χ0v) is 9.59. The summed E-state index contributed by atoms with van der Waals surface area (Å²) in [5, 5.41) is 3.16. The summed E-state index contributed by atoms with van der Waals surface area (Å²) in [6.45, 7) is 0.491. The first-order valence-electron chi connectivity index (χ1n) is 5.08. The fraction of sp³-hybridized carbons (Fsp3) is 0.364. The van der Waals surface area contributed by atoms with Crippen LogP contribution in [0.2, 0.25) is 5.02 Å². The number of hydrogen-bond acceptors (Lipinski definition) is 2. The van der Waals surface area contributed by atoms with E-state index in [1.807, 2.05) is 0 Å². The highest BCUT2D eigenvalue weighted by Crippen LogP contribution is 2.31. The van der Waals surface area contributed by atoms with E-state index in [0.29, 0.717) is 13.0 Å². The van der Waals surface area contributed by atoms with Crippen LogP contribution in [0.3, 0.4) is 0 Å². The lowest BCUT2D eigenvalue weighted by Crippen LogP contribution is -2.36.